The SMILES string of the molecule is CN(C)Nc1ccc2ccccc2n1. The molecule has 0 saturated carbocycles. The van der Waals surface area contributed by atoms with Crippen molar-refractivity contribution >= 4 is 16.7 Å². The molecule has 0 radical (unpaired) electrons. The van der Waals surface area contributed by atoms with Crippen molar-refractivity contribution in [1.29, 1.82) is 0 Å². The van der Waals surface area contributed by atoms with Crippen LogP contribution in [0.1, 0.15) is 0 Å². The zero-order valence-corrected chi connectivity index (χ0v) is 8.36. The molecule has 0 bridgehead atoms. The molecule has 14 heavy (non-hydrogen) atoms. The first kappa shape index (κ1) is 8.97. The summed E-state index contributed by atoms with van der Waals surface area (Å²) in [4.78, 5) is 4.46. The predicted molar refractivity (Wildman–Crippen MR) is 59.1 cm³/mol. The molecule has 2 rings (SSSR count). The highest BCUT2D eigenvalue weighted by molar-refractivity contribution is 5.79. The molecule has 72 valence electrons. The Bertz CT molecular complexity index is 437. The fourth-order valence-electron chi connectivity index (χ4n) is 1.36. The highest BCUT2D eigenvalue weighted by atomic mass is 15.5. The summed E-state index contributed by atoms with van der Waals surface area (Å²) in [6.07, 6.45) is 0. The molecule has 0 aliphatic carbocycles. The maximum absolute atomic E-state index is 4.46. The number of nitrogens with zero attached hydrogens (tertiary/aromatic N) is 2. The highest BCUT2D eigenvalue weighted by Crippen LogP contribution is 2.14. The Morgan fingerprint density at radius 1 is 1.07 bits per heavy atom. The smallest absolute Gasteiger partial charge is 0.141 e. The van der Waals surface area contributed by atoms with Gasteiger partial charge >= 0.3 is 0 Å². The second-order valence-electron chi connectivity index (χ2n) is 3.40. The lowest BCUT2D eigenvalue weighted by molar-refractivity contribution is 0.493. The third kappa shape index (κ3) is 1.83. The van der Waals surface area contributed by atoms with Crippen molar-refractivity contribution in [2.45, 2.75) is 0 Å². The van der Waals surface area contributed by atoms with Crippen LogP contribution in [0.4, 0.5) is 5.82 Å². The van der Waals surface area contributed by atoms with Crippen molar-refractivity contribution in [3.05, 3.63) is 36.4 Å². The molecule has 1 heterocycles. The zero-order valence-electron chi connectivity index (χ0n) is 8.36. The first-order chi connectivity index (χ1) is 6.75. The van der Waals surface area contributed by atoms with Crippen LogP contribution in [0.3, 0.4) is 0 Å². The van der Waals surface area contributed by atoms with Gasteiger partial charge < -0.3 is 5.43 Å². The quantitative estimate of drug-likeness (QED) is 0.730. The minimum Gasteiger partial charge on any atom is -0.304 e. The van der Waals surface area contributed by atoms with Crippen LogP contribution in [0.5, 0.6) is 0 Å². The van der Waals surface area contributed by atoms with Crippen molar-refractivity contribution in [2.75, 3.05) is 19.5 Å². The number of hydrogen-bond acceptors (Lipinski definition) is 3. The van der Waals surface area contributed by atoms with E-state index in [0.717, 1.165) is 16.7 Å². The molecule has 1 aromatic heterocycles. The second-order valence-corrected chi connectivity index (χ2v) is 3.40. The lowest BCUT2D eigenvalue weighted by Crippen LogP contribution is -2.20. The average Bonchev–Trinajstić information content (AvgIpc) is 2.17. The van der Waals surface area contributed by atoms with Gasteiger partial charge in [0.15, 0.2) is 0 Å². The topological polar surface area (TPSA) is 28.2 Å². The number of anilines is 1. The summed E-state index contributed by atoms with van der Waals surface area (Å²) >= 11 is 0. The van der Waals surface area contributed by atoms with E-state index in [2.05, 4.69) is 22.5 Å². The van der Waals surface area contributed by atoms with Gasteiger partial charge in [-0.15, -0.1) is 0 Å². The van der Waals surface area contributed by atoms with Gasteiger partial charge in [0.05, 0.1) is 5.52 Å². The van der Waals surface area contributed by atoms with Crippen molar-refractivity contribution in [3.8, 4) is 0 Å². The minimum atomic E-state index is 0.869. The van der Waals surface area contributed by atoms with Crippen molar-refractivity contribution in [1.82, 2.24) is 9.99 Å². The third-order valence-electron chi connectivity index (χ3n) is 1.94. The summed E-state index contributed by atoms with van der Waals surface area (Å²) in [5.74, 6) is 0.869. The maximum Gasteiger partial charge on any atom is 0.141 e. The molecule has 0 amide bonds. The normalized spacial score (nSPS) is 10.8. The summed E-state index contributed by atoms with van der Waals surface area (Å²) < 4.78 is 0. The first-order valence-electron chi connectivity index (χ1n) is 4.55. The van der Waals surface area contributed by atoms with Gasteiger partial charge in [0.2, 0.25) is 0 Å². The Morgan fingerprint density at radius 2 is 1.86 bits per heavy atom. The van der Waals surface area contributed by atoms with E-state index in [9.17, 15) is 0 Å². The Hall–Kier alpha value is -1.61. The molecule has 3 heteroatoms. The maximum atomic E-state index is 4.46. The van der Waals surface area contributed by atoms with E-state index in [-0.39, 0.29) is 0 Å². The summed E-state index contributed by atoms with van der Waals surface area (Å²) in [6.45, 7) is 0. The number of aromatic nitrogens is 1. The molecule has 0 fully saturated rings. The number of fused-ring (bicyclic) bond motifs is 1. The van der Waals surface area contributed by atoms with Crippen LogP contribution < -0.4 is 5.43 Å². The Kier molecular flexibility index (Phi) is 2.33. The first-order valence-corrected chi connectivity index (χ1v) is 4.55. The van der Waals surface area contributed by atoms with Crippen LogP contribution in [0.2, 0.25) is 0 Å². The van der Waals surface area contributed by atoms with Crippen molar-refractivity contribution in [3.63, 3.8) is 0 Å². The molecule has 2 aromatic rings. The summed E-state index contributed by atoms with van der Waals surface area (Å²) in [7, 11) is 3.88. The number of rotatable bonds is 2. The van der Waals surface area contributed by atoms with Gasteiger partial charge in [-0.1, -0.05) is 18.2 Å². The Labute approximate surface area is 83.3 Å². The molecule has 0 aliphatic heterocycles. The lowest BCUT2D eigenvalue weighted by Gasteiger charge is -2.12. The van der Waals surface area contributed by atoms with Crippen LogP contribution >= 0.6 is 0 Å². The number of benzene rings is 1. The van der Waals surface area contributed by atoms with Gasteiger partial charge in [0.1, 0.15) is 5.82 Å². The largest absolute Gasteiger partial charge is 0.304 e. The van der Waals surface area contributed by atoms with Gasteiger partial charge in [-0.3, -0.25) is 0 Å². The molecule has 3 nitrogen and oxygen atoms in total. The summed E-state index contributed by atoms with van der Waals surface area (Å²) in [5, 5.41) is 3.04. The molecule has 1 N–H and O–H groups in total. The van der Waals surface area contributed by atoms with E-state index in [1.165, 1.54) is 0 Å². The molecule has 0 spiro atoms. The number of pyridine rings is 1. The fraction of sp³-hybridized carbons (Fsp3) is 0.182. The van der Waals surface area contributed by atoms with Gasteiger partial charge in [-0.2, -0.15) is 0 Å². The third-order valence-corrected chi connectivity index (χ3v) is 1.94. The van der Waals surface area contributed by atoms with Crippen LogP contribution in [0, 0.1) is 0 Å². The average molecular weight is 187 g/mol. The van der Waals surface area contributed by atoms with Crippen LogP contribution in [-0.4, -0.2) is 24.1 Å². The molecule has 0 saturated heterocycles. The second kappa shape index (κ2) is 3.64. The highest BCUT2D eigenvalue weighted by Gasteiger charge is 1.96. The van der Waals surface area contributed by atoms with Crippen LogP contribution in [0.25, 0.3) is 10.9 Å². The number of nitrogens with one attached hydrogen (secondary N) is 1. The van der Waals surface area contributed by atoms with E-state index in [4.69, 9.17) is 0 Å². The van der Waals surface area contributed by atoms with Crippen molar-refractivity contribution in [2.24, 2.45) is 0 Å². The molecule has 0 atom stereocenters. The lowest BCUT2D eigenvalue weighted by atomic mass is 10.2. The minimum absolute atomic E-state index is 0.869. The van der Waals surface area contributed by atoms with E-state index < -0.39 is 0 Å². The molecule has 0 unspecified atom stereocenters. The summed E-state index contributed by atoms with van der Waals surface area (Å²) in [5.41, 5.74) is 4.13. The standard InChI is InChI=1S/C11H13N3/c1-14(2)13-11-8-7-9-5-3-4-6-10(9)12-11/h3-8H,1-2H3,(H,12,13). The summed E-state index contributed by atoms with van der Waals surface area (Å²) in [6, 6.07) is 12.1. The Morgan fingerprint density at radius 3 is 2.64 bits per heavy atom. The van der Waals surface area contributed by atoms with Crippen LogP contribution in [-0.2, 0) is 0 Å². The van der Waals surface area contributed by atoms with Gasteiger partial charge in [0, 0.05) is 19.5 Å². The van der Waals surface area contributed by atoms with E-state index in [0.29, 0.717) is 0 Å². The van der Waals surface area contributed by atoms with Crippen LogP contribution in [0.15, 0.2) is 36.4 Å². The monoisotopic (exact) mass is 187 g/mol. The molecule has 1 aromatic carbocycles. The zero-order chi connectivity index (χ0) is 9.97. The molecule has 0 aliphatic rings. The molecular weight excluding hydrogens is 174 g/mol. The van der Waals surface area contributed by atoms with E-state index >= 15 is 0 Å². The number of hydrogen-bond donors (Lipinski definition) is 1. The van der Waals surface area contributed by atoms with E-state index in [1.807, 2.05) is 43.4 Å². The number of hydrazine groups is 1. The van der Waals surface area contributed by atoms with Gasteiger partial charge in [0.25, 0.3) is 0 Å². The van der Waals surface area contributed by atoms with Crippen molar-refractivity contribution < 1.29 is 0 Å². The predicted octanol–water partition coefficient (Wildman–Crippen LogP) is 2.12. The van der Waals surface area contributed by atoms with E-state index in [1.54, 1.807) is 0 Å². The molecular formula is C11H13N3. The van der Waals surface area contributed by atoms with Gasteiger partial charge in [-0.05, 0) is 18.2 Å². The fourth-order valence-corrected chi connectivity index (χ4v) is 1.36. The number of para-hydroxylation sites is 1. The Balaban J connectivity index is 2.41. The van der Waals surface area contributed by atoms with Gasteiger partial charge in [-0.25, -0.2) is 9.99 Å².